The van der Waals surface area contributed by atoms with Crippen LogP contribution in [0.3, 0.4) is 0 Å². The van der Waals surface area contributed by atoms with Crippen LogP contribution in [0.25, 0.3) is 0 Å². The van der Waals surface area contributed by atoms with E-state index in [1.165, 1.54) is 6.33 Å². The maximum Gasteiger partial charge on any atom is 0.236 e. The van der Waals surface area contributed by atoms with Gasteiger partial charge in [0.25, 0.3) is 0 Å². The molecule has 1 aromatic rings. The predicted octanol–water partition coefficient (Wildman–Crippen LogP) is 0.685. The number of nitrogens with zero attached hydrogens (tertiary/aromatic N) is 2. The Labute approximate surface area is 69.0 Å². The van der Waals surface area contributed by atoms with Gasteiger partial charge in [-0.3, -0.25) is 0 Å². The molecule has 0 aliphatic rings. The third-order valence-electron chi connectivity index (χ3n) is 1.08. The predicted molar refractivity (Wildman–Crippen MR) is 42.2 cm³/mol. The van der Waals surface area contributed by atoms with E-state index in [-0.39, 0.29) is 6.61 Å². The summed E-state index contributed by atoms with van der Waals surface area (Å²) in [6.45, 7) is 0.247. The number of aliphatic hydroxyl groups excluding tert-OH is 1. The van der Waals surface area contributed by atoms with E-state index >= 15 is 0 Å². The Morgan fingerprint density at radius 2 is 2.55 bits per heavy atom. The molecule has 1 heterocycles. The third kappa shape index (κ3) is 3.38. The third-order valence-corrected chi connectivity index (χ3v) is 2.11. The molecule has 0 amide bonds. The van der Waals surface area contributed by atoms with E-state index in [4.69, 9.17) is 9.63 Å². The van der Waals surface area contributed by atoms with Crippen molar-refractivity contribution in [3.8, 4) is 0 Å². The van der Waals surface area contributed by atoms with Crippen LogP contribution in [0, 0.1) is 0 Å². The van der Waals surface area contributed by atoms with Crippen molar-refractivity contribution in [1.82, 2.24) is 10.1 Å². The van der Waals surface area contributed by atoms with Gasteiger partial charge in [0, 0.05) is 6.61 Å². The molecule has 0 saturated carbocycles. The quantitative estimate of drug-likeness (QED) is 0.665. The van der Waals surface area contributed by atoms with Crippen LogP contribution in [0.15, 0.2) is 10.9 Å². The maximum absolute atomic E-state index is 8.46. The summed E-state index contributed by atoms with van der Waals surface area (Å²) in [7, 11) is 0. The summed E-state index contributed by atoms with van der Waals surface area (Å²) in [6, 6.07) is 0. The Kier molecular flexibility index (Phi) is 4.00. The second-order valence-corrected chi connectivity index (χ2v) is 3.07. The van der Waals surface area contributed by atoms with Crippen molar-refractivity contribution in [2.75, 3.05) is 12.4 Å². The van der Waals surface area contributed by atoms with E-state index in [0.717, 1.165) is 17.9 Å². The fourth-order valence-corrected chi connectivity index (χ4v) is 1.37. The molecule has 1 aromatic heterocycles. The number of thioether (sulfide) groups is 1. The topological polar surface area (TPSA) is 59.2 Å². The first-order valence-corrected chi connectivity index (χ1v) is 4.53. The van der Waals surface area contributed by atoms with Crippen molar-refractivity contribution < 1.29 is 9.63 Å². The lowest BCUT2D eigenvalue weighted by Crippen LogP contribution is -1.87. The van der Waals surface area contributed by atoms with Gasteiger partial charge < -0.3 is 9.63 Å². The Morgan fingerprint density at radius 1 is 1.64 bits per heavy atom. The Hall–Kier alpha value is -0.550. The molecule has 0 saturated heterocycles. The van der Waals surface area contributed by atoms with E-state index in [9.17, 15) is 0 Å². The highest BCUT2D eigenvalue weighted by molar-refractivity contribution is 7.98. The molecule has 62 valence electrons. The van der Waals surface area contributed by atoms with Gasteiger partial charge in [-0.25, -0.2) is 0 Å². The lowest BCUT2D eigenvalue weighted by Gasteiger charge is -1.93. The molecule has 0 fully saturated rings. The minimum atomic E-state index is 0.247. The highest BCUT2D eigenvalue weighted by atomic mass is 32.2. The van der Waals surface area contributed by atoms with Crippen molar-refractivity contribution >= 4 is 11.8 Å². The molecule has 0 atom stereocenters. The van der Waals surface area contributed by atoms with E-state index < -0.39 is 0 Å². The summed E-state index contributed by atoms with van der Waals surface area (Å²) in [5, 5.41) is 11.9. The van der Waals surface area contributed by atoms with Crippen LogP contribution in [0.2, 0.25) is 0 Å². The molecule has 11 heavy (non-hydrogen) atoms. The van der Waals surface area contributed by atoms with Crippen LogP contribution in [-0.2, 0) is 5.75 Å². The van der Waals surface area contributed by atoms with Gasteiger partial charge in [-0.2, -0.15) is 16.7 Å². The zero-order valence-electron chi connectivity index (χ0n) is 6.06. The minimum Gasteiger partial charge on any atom is -0.396 e. The number of hydrogen-bond donors (Lipinski definition) is 1. The van der Waals surface area contributed by atoms with Gasteiger partial charge in [-0.15, -0.1) is 0 Å². The molecule has 0 aliphatic carbocycles. The van der Waals surface area contributed by atoms with Gasteiger partial charge in [-0.1, -0.05) is 5.16 Å². The van der Waals surface area contributed by atoms with Crippen molar-refractivity contribution in [3.63, 3.8) is 0 Å². The normalized spacial score (nSPS) is 10.3. The maximum atomic E-state index is 8.46. The molecule has 0 radical (unpaired) electrons. The average molecular weight is 174 g/mol. The van der Waals surface area contributed by atoms with E-state index in [1.54, 1.807) is 11.8 Å². The van der Waals surface area contributed by atoms with Crippen LogP contribution in [0.5, 0.6) is 0 Å². The summed E-state index contributed by atoms with van der Waals surface area (Å²) >= 11 is 1.68. The molecule has 4 nitrogen and oxygen atoms in total. The minimum absolute atomic E-state index is 0.247. The SMILES string of the molecule is OCCCSCc1ncno1. The molecular formula is C6H10N2O2S. The fourth-order valence-electron chi connectivity index (χ4n) is 0.586. The summed E-state index contributed by atoms with van der Waals surface area (Å²) in [5.74, 6) is 2.31. The fraction of sp³-hybridized carbons (Fsp3) is 0.667. The van der Waals surface area contributed by atoms with Crippen LogP contribution in [-0.4, -0.2) is 27.6 Å². The van der Waals surface area contributed by atoms with Gasteiger partial charge in [0.15, 0.2) is 6.33 Å². The Balaban J connectivity index is 2.04. The Morgan fingerprint density at radius 3 is 3.18 bits per heavy atom. The number of aromatic nitrogens is 2. The molecule has 1 rings (SSSR count). The lowest BCUT2D eigenvalue weighted by atomic mass is 10.5. The zero-order chi connectivity index (χ0) is 7.94. The molecule has 0 spiro atoms. The monoisotopic (exact) mass is 174 g/mol. The smallest absolute Gasteiger partial charge is 0.236 e. The summed E-state index contributed by atoms with van der Waals surface area (Å²) in [4.78, 5) is 3.85. The second kappa shape index (κ2) is 5.15. The first-order chi connectivity index (χ1) is 5.43. The molecular weight excluding hydrogens is 164 g/mol. The molecule has 0 bridgehead atoms. The largest absolute Gasteiger partial charge is 0.396 e. The Bertz CT molecular complexity index is 179. The average Bonchev–Trinajstić information content (AvgIpc) is 2.50. The molecule has 0 aromatic carbocycles. The molecule has 5 heteroatoms. The highest BCUT2D eigenvalue weighted by Gasteiger charge is 1.97. The van der Waals surface area contributed by atoms with Gasteiger partial charge >= 0.3 is 0 Å². The van der Waals surface area contributed by atoms with Crippen LogP contribution < -0.4 is 0 Å². The van der Waals surface area contributed by atoms with Crippen LogP contribution >= 0.6 is 11.8 Å². The highest BCUT2D eigenvalue weighted by Crippen LogP contribution is 2.09. The number of hydrogen-bond acceptors (Lipinski definition) is 5. The first kappa shape index (κ1) is 8.55. The number of aliphatic hydroxyl groups is 1. The number of rotatable bonds is 5. The first-order valence-electron chi connectivity index (χ1n) is 3.37. The zero-order valence-corrected chi connectivity index (χ0v) is 6.88. The van der Waals surface area contributed by atoms with E-state index in [2.05, 4.69) is 10.1 Å². The van der Waals surface area contributed by atoms with Crippen molar-refractivity contribution in [3.05, 3.63) is 12.2 Å². The summed E-state index contributed by atoms with van der Waals surface area (Å²) in [5.41, 5.74) is 0. The van der Waals surface area contributed by atoms with Gasteiger partial charge in [-0.05, 0) is 12.2 Å². The molecule has 0 unspecified atom stereocenters. The van der Waals surface area contributed by atoms with E-state index in [0.29, 0.717) is 5.89 Å². The second-order valence-electron chi connectivity index (χ2n) is 1.96. The lowest BCUT2D eigenvalue weighted by molar-refractivity contribution is 0.296. The van der Waals surface area contributed by atoms with E-state index in [1.807, 2.05) is 0 Å². The van der Waals surface area contributed by atoms with Crippen molar-refractivity contribution in [2.24, 2.45) is 0 Å². The summed E-state index contributed by atoms with van der Waals surface area (Å²) < 4.78 is 4.77. The molecule has 0 aliphatic heterocycles. The van der Waals surface area contributed by atoms with Crippen LogP contribution in [0.4, 0.5) is 0 Å². The van der Waals surface area contributed by atoms with Gasteiger partial charge in [0.05, 0.1) is 5.75 Å². The van der Waals surface area contributed by atoms with Gasteiger partial charge in [0.2, 0.25) is 5.89 Å². The van der Waals surface area contributed by atoms with Crippen molar-refractivity contribution in [2.45, 2.75) is 12.2 Å². The molecule has 1 N–H and O–H groups in total. The van der Waals surface area contributed by atoms with Crippen molar-refractivity contribution in [1.29, 1.82) is 0 Å². The standard InChI is InChI=1S/C6H10N2O2S/c9-2-1-3-11-4-6-7-5-8-10-6/h5,9H,1-4H2. The van der Waals surface area contributed by atoms with Crippen LogP contribution in [0.1, 0.15) is 12.3 Å². The summed E-state index contributed by atoms with van der Waals surface area (Å²) in [6.07, 6.45) is 2.21. The van der Waals surface area contributed by atoms with Gasteiger partial charge in [0.1, 0.15) is 0 Å².